The zero-order valence-corrected chi connectivity index (χ0v) is 13.3. The molecule has 6 heteroatoms. The fraction of sp³-hybridized carbons (Fsp3) is 0.429. The molecular formula is C14H18BrN5. The second-order valence-corrected chi connectivity index (χ2v) is 5.99. The standard InChI is InChI=1S/C14H18BrN5/c1-10(16-2)12-4-3-11(15)7-13(12)19-5-6-20-9-17-18-14(20)8-19/h3-4,7,9-10,16H,5-6,8H2,1-2H3. The van der Waals surface area contributed by atoms with Gasteiger partial charge in [0, 0.05) is 29.3 Å². The summed E-state index contributed by atoms with van der Waals surface area (Å²) in [6.45, 7) is 4.90. The zero-order valence-electron chi connectivity index (χ0n) is 11.7. The molecule has 2 heterocycles. The van der Waals surface area contributed by atoms with Gasteiger partial charge >= 0.3 is 0 Å². The molecule has 0 spiro atoms. The van der Waals surface area contributed by atoms with Crippen molar-refractivity contribution in [2.24, 2.45) is 0 Å². The van der Waals surface area contributed by atoms with E-state index in [-0.39, 0.29) is 0 Å². The fourth-order valence-electron chi connectivity index (χ4n) is 2.58. The van der Waals surface area contributed by atoms with Crippen molar-refractivity contribution in [3.8, 4) is 0 Å². The van der Waals surface area contributed by atoms with E-state index in [1.807, 2.05) is 13.4 Å². The Morgan fingerprint density at radius 3 is 3.00 bits per heavy atom. The first kappa shape index (κ1) is 13.6. The maximum Gasteiger partial charge on any atom is 0.152 e. The number of aromatic nitrogens is 3. The number of benzene rings is 1. The summed E-state index contributed by atoms with van der Waals surface area (Å²) in [5.74, 6) is 1.03. The minimum absolute atomic E-state index is 0.317. The van der Waals surface area contributed by atoms with Crippen LogP contribution in [0.1, 0.15) is 24.4 Å². The summed E-state index contributed by atoms with van der Waals surface area (Å²) in [6, 6.07) is 6.78. The number of rotatable bonds is 3. The van der Waals surface area contributed by atoms with Gasteiger partial charge in [-0.1, -0.05) is 22.0 Å². The van der Waals surface area contributed by atoms with Gasteiger partial charge in [-0.15, -0.1) is 10.2 Å². The fourth-order valence-corrected chi connectivity index (χ4v) is 2.93. The molecule has 1 aromatic heterocycles. The maximum atomic E-state index is 4.19. The van der Waals surface area contributed by atoms with Gasteiger partial charge in [0.25, 0.3) is 0 Å². The van der Waals surface area contributed by atoms with Gasteiger partial charge in [-0.05, 0) is 31.7 Å². The molecule has 1 aliphatic rings. The summed E-state index contributed by atoms with van der Waals surface area (Å²) in [4.78, 5) is 2.37. The van der Waals surface area contributed by atoms with Crippen molar-refractivity contribution in [2.45, 2.75) is 26.1 Å². The Labute approximate surface area is 127 Å². The number of hydrogen-bond acceptors (Lipinski definition) is 4. The zero-order chi connectivity index (χ0) is 14.1. The molecule has 0 bridgehead atoms. The average Bonchev–Trinajstić information content (AvgIpc) is 2.93. The Morgan fingerprint density at radius 2 is 2.20 bits per heavy atom. The van der Waals surface area contributed by atoms with E-state index in [4.69, 9.17) is 0 Å². The van der Waals surface area contributed by atoms with Crippen LogP contribution in [0.4, 0.5) is 5.69 Å². The van der Waals surface area contributed by atoms with Crippen LogP contribution in [0.3, 0.4) is 0 Å². The summed E-state index contributed by atoms with van der Waals surface area (Å²) in [5.41, 5.74) is 2.57. The van der Waals surface area contributed by atoms with Gasteiger partial charge in [-0.3, -0.25) is 0 Å². The number of anilines is 1. The third-order valence-electron chi connectivity index (χ3n) is 3.87. The van der Waals surface area contributed by atoms with Crippen LogP contribution in [0.15, 0.2) is 29.0 Å². The van der Waals surface area contributed by atoms with Crippen molar-refractivity contribution >= 4 is 21.6 Å². The maximum absolute atomic E-state index is 4.19. The molecule has 0 saturated carbocycles. The second kappa shape index (κ2) is 5.54. The first-order chi connectivity index (χ1) is 9.69. The van der Waals surface area contributed by atoms with Crippen molar-refractivity contribution in [1.29, 1.82) is 0 Å². The molecule has 106 valence electrons. The number of nitrogens with zero attached hydrogens (tertiary/aromatic N) is 4. The van der Waals surface area contributed by atoms with Crippen LogP contribution >= 0.6 is 15.9 Å². The first-order valence-electron chi connectivity index (χ1n) is 6.77. The highest BCUT2D eigenvalue weighted by molar-refractivity contribution is 9.10. The van der Waals surface area contributed by atoms with Crippen molar-refractivity contribution in [3.05, 3.63) is 40.4 Å². The Morgan fingerprint density at radius 1 is 1.35 bits per heavy atom. The van der Waals surface area contributed by atoms with E-state index < -0.39 is 0 Å². The lowest BCUT2D eigenvalue weighted by Crippen LogP contribution is -2.34. The minimum atomic E-state index is 0.317. The van der Waals surface area contributed by atoms with Crippen LogP contribution in [-0.2, 0) is 13.1 Å². The highest BCUT2D eigenvalue weighted by Gasteiger charge is 2.21. The molecule has 5 nitrogen and oxygen atoms in total. The Balaban J connectivity index is 1.96. The molecule has 20 heavy (non-hydrogen) atoms. The second-order valence-electron chi connectivity index (χ2n) is 5.08. The minimum Gasteiger partial charge on any atom is -0.362 e. The smallest absolute Gasteiger partial charge is 0.152 e. The van der Waals surface area contributed by atoms with Gasteiger partial charge in [0.2, 0.25) is 0 Å². The van der Waals surface area contributed by atoms with Crippen molar-refractivity contribution < 1.29 is 0 Å². The molecule has 1 atom stereocenters. The number of halogens is 1. The summed E-state index contributed by atoms with van der Waals surface area (Å²) in [7, 11) is 1.99. The van der Waals surface area contributed by atoms with Crippen LogP contribution in [0, 0.1) is 0 Å². The third kappa shape index (κ3) is 2.45. The summed E-state index contributed by atoms with van der Waals surface area (Å²) in [5, 5.41) is 11.5. The Kier molecular flexibility index (Phi) is 3.76. The van der Waals surface area contributed by atoms with E-state index in [0.29, 0.717) is 6.04 Å². The van der Waals surface area contributed by atoms with E-state index >= 15 is 0 Å². The molecule has 0 aliphatic carbocycles. The summed E-state index contributed by atoms with van der Waals surface area (Å²) < 4.78 is 3.22. The van der Waals surface area contributed by atoms with Gasteiger partial charge in [0.15, 0.2) is 5.82 Å². The molecule has 1 unspecified atom stereocenters. The lowest BCUT2D eigenvalue weighted by molar-refractivity contribution is 0.554. The molecule has 1 N–H and O–H groups in total. The molecule has 1 aromatic carbocycles. The molecule has 0 radical (unpaired) electrons. The van der Waals surface area contributed by atoms with Gasteiger partial charge in [0.1, 0.15) is 6.33 Å². The molecular weight excluding hydrogens is 318 g/mol. The van der Waals surface area contributed by atoms with Crippen molar-refractivity contribution in [1.82, 2.24) is 20.1 Å². The van der Waals surface area contributed by atoms with Crippen LogP contribution in [0.2, 0.25) is 0 Å². The first-order valence-corrected chi connectivity index (χ1v) is 7.56. The summed E-state index contributed by atoms with van der Waals surface area (Å²) >= 11 is 3.58. The van der Waals surface area contributed by atoms with Gasteiger partial charge in [-0.25, -0.2) is 0 Å². The van der Waals surface area contributed by atoms with Crippen LogP contribution in [0.25, 0.3) is 0 Å². The number of fused-ring (bicyclic) bond motifs is 1. The molecule has 3 rings (SSSR count). The summed E-state index contributed by atoms with van der Waals surface area (Å²) in [6.07, 6.45) is 1.81. The van der Waals surface area contributed by atoms with E-state index in [1.54, 1.807) is 0 Å². The third-order valence-corrected chi connectivity index (χ3v) is 4.36. The quantitative estimate of drug-likeness (QED) is 0.935. The Bertz CT molecular complexity index is 609. The van der Waals surface area contributed by atoms with Gasteiger partial charge in [-0.2, -0.15) is 0 Å². The topological polar surface area (TPSA) is 46.0 Å². The monoisotopic (exact) mass is 335 g/mol. The molecule has 0 saturated heterocycles. The molecule has 1 aliphatic heterocycles. The highest BCUT2D eigenvalue weighted by Crippen LogP contribution is 2.31. The SMILES string of the molecule is CNC(C)c1ccc(Br)cc1N1CCn2cnnc2C1. The van der Waals surface area contributed by atoms with Gasteiger partial charge in [0.05, 0.1) is 6.54 Å². The molecule has 0 fully saturated rings. The highest BCUT2D eigenvalue weighted by atomic mass is 79.9. The molecule has 0 amide bonds. The number of hydrogen-bond donors (Lipinski definition) is 1. The van der Waals surface area contributed by atoms with Crippen LogP contribution in [-0.4, -0.2) is 28.4 Å². The predicted molar refractivity (Wildman–Crippen MR) is 82.7 cm³/mol. The lowest BCUT2D eigenvalue weighted by Gasteiger charge is -2.32. The van der Waals surface area contributed by atoms with Crippen molar-refractivity contribution in [2.75, 3.05) is 18.5 Å². The lowest BCUT2D eigenvalue weighted by atomic mass is 10.0. The van der Waals surface area contributed by atoms with Gasteiger partial charge < -0.3 is 14.8 Å². The largest absolute Gasteiger partial charge is 0.362 e. The normalized spacial score (nSPS) is 16.1. The average molecular weight is 336 g/mol. The van der Waals surface area contributed by atoms with Crippen molar-refractivity contribution in [3.63, 3.8) is 0 Å². The van der Waals surface area contributed by atoms with E-state index in [1.165, 1.54) is 11.3 Å². The van der Waals surface area contributed by atoms with E-state index in [0.717, 1.165) is 29.9 Å². The Hall–Kier alpha value is -1.40. The van der Waals surface area contributed by atoms with E-state index in [9.17, 15) is 0 Å². The van der Waals surface area contributed by atoms with Crippen LogP contribution in [0.5, 0.6) is 0 Å². The van der Waals surface area contributed by atoms with E-state index in [2.05, 4.69) is 66.0 Å². The van der Waals surface area contributed by atoms with Crippen LogP contribution < -0.4 is 10.2 Å². The molecule has 2 aromatic rings. The number of nitrogens with one attached hydrogen (secondary N) is 1. The predicted octanol–water partition coefficient (Wildman–Crippen LogP) is 2.34.